The van der Waals surface area contributed by atoms with Crippen molar-refractivity contribution in [2.24, 2.45) is 0 Å². The van der Waals surface area contributed by atoms with Gasteiger partial charge in [0.2, 0.25) is 0 Å². The quantitative estimate of drug-likeness (QED) is 0.783. The molecule has 0 N–H and O–H groups in total. The predicted molar refractivity (Wildman–Crippen MR) is 79.8 cm³/mol. The van der Waals surface area contributed by atoms with Gasteiger partial charge in [0.05, 0.1) is 18.7 Å². The Labute approximate surface area is 126 Å². The van der Waals surface area contributed by atoms with Gasteiger partial charge >= 0.3 is 0 Å². The molecule has 1 aromatic rings. The Morgan fingerprint density at radius 2 is 1.81 bits per heavy atom. The largest absolute Gasteiger partial charge is 0.285 e. The van der Waals surface area contributed by atoms with E-state index in [2.05, 4.69) is 0 Å². The molecule has 0 aliphatic heterocycles. The van der Waals surface area contributed by atoms with Gasteiger partial charge in [0.15, 0.2) is 0 Å². The van der Waals surface area contributed by atoms with Crippen molar-refractivity contribution in [3.8, 4) is 0 Å². The summed E-state index contributed by atoms with van der Waals surface area (Å²) in [6.07, 6.45) is 5.80. The Morgan fingerprint density at radius 1 is 1.19 bits per heavy atom. The number of rotatable bonds is 5. The van der Waals surface area contributed by atoms with Crippen molar-refractivity contribution in [1.29, 1.82) is 0 Å². The van der Waals surface area contributed by atoms with E-state index in [4.69, 9.17) is 4.28 Å². The molecule has 0 atom stereocenters. The van der Waals surface area contributed by atoms with Crippen LogP contribution in [0.2, 0.25) is 0 Å². The Kier molecular flexibility index (Phi) is 5.36. The van der Waals surface area contributed by atoms with Crippen molar-refractivity contribution < 1.29 is 17.5 Å². The highest BCUT2D eigenvalue weighted by molar-refractivity contribution is 7.85. The van der Waals surface area contributed by atoms with Gasteiger partial charge in [-0.3, -0.25) is 4.79 Å². The van der Waals surface area contributed by atoms with Crippen molar-refractivity contribution >= 4 is 16.0 Å². The summed E-state index contributed by atoms with van der Waals surface area (Å²) in [6.45, 7) is 0. The molecule has 5 nitrogen and oxygen atoms in total. The van der Waals surface area contributed by atoms with E-state index in [1.807, 2.05) is 30.3 Å². The molecule has 6 heteroatoms. The molecule has 21 heavy (non-hydrogen) atoms. The van der Waals surface area contributed by atoms with Crippen LogP contribution >= 0.6 is 0 Å². The smallest absolute Gasteiger partial charge is 0.272 e. The number of amides is 1. The van der Waals surface area contributed by atoms with Gasteiger partial charge in [-0.05, 0) is 18.4 Å². The Bertz CT molecular complexity index is 565. The lowest BCUT2D eigenvalue weighted by atomic mass is 9.95. The number of hydrogen-bond acceptors (Lipinski definition) is 4. The highest BCUT2D eigenvalue weighted by Gasteiger charge is 2.29. The average molecular weight is 311 g/mol. The van der Waals surface area contributed by atoms with Crippen LogP contribution in [-0.4, -0.2) is 31.7 Å². The molecule has 1 amide bonds. The highest BCUT2D eigenvalue weighted by atomic mass is 32.2. The first-order valence-electron chi connectivity index (χ1n) is 7.21. The number of nitrogens with zero attached hydrogens (tertiary/aromatic N) is 1. The summed E-state index contributed by atoms with van der Waals surface area (Å²) >= 11 is 0. The van der Waals surface area contributed by atoms with Crippen LogP contribution in [0.1, 0.15) is 37.7 Å². The standard InChI is InChI=1S/C15H21NO4S/c1-21(18,19)20-16(14-10-6-3-7-11-14)15(17)12-13-8-4-2-5-9-13/h2,4-5,8-9,14H,3,6-7,10-12H2,1H3. The van der Waals surface area contributed by atoms with Crippen LogP contribution in [-0.2, 0) is 25.6 Å². The topological polar surface area (TPSA) is 63.7 Å². The zero-order valence-corrected chi connectivity index (χ0v) is 13.0. The SMILES string of the molecule is CS(=O)(=O)ON(C(=O)Cc1ccccc1)C1CCCCC1. The molecule has 0 heterocycles. The van der Waals surface area contributed by atoms with Crippen LogP contribution in [0.4, 0.5) is 0 Å². The molecule has 0 spiro atoms. The molecule has 0 aromatic heterocycles. The van der Waals surface area contributed by atoms with Gasteiger partial charge in [-0.15, -0.1) is 4.28 Å². The van der Waals surface area contributed by atoms with Gasteiger partial charge < -0.3 is 0 Å². The van der Waals surface area contributed by atoms with Gasteiger partial charge in [-0.1, -0.05) is 49.6 Å². The number of benzene rings is 1. The fraction of sp³-hybridized carbons (Fsp3) is 0.533. The first-order chi connectivity index (χ1) is 9.96. The average Bonchev–Trinajstić information content (AvgIpc) is 2.46. The molecule has 2 rings (SSSR count). The molecule has 0 saturated heterocycles. The van der Waals surface area contributed by atoms with Crippen LogP contribution in [0.5, 0.6) is 0 Å². The van der Waals surface area contributed by atoms with Gasteiger partial charge in [0.1, 0.15) is 0 Å². The van der Waals surface area contributed by atoms with E-state index in [0.717, 1.165) is 49.0 Å². The number of carbonyl (C=O) groups excluding carboxylic acids is 1. The maximum atomic E-state index is 12.4. The van der Waals surface area contributed by atoms with Crippen molar-refractivity contribution in [2.75, 3.05) is 6.26 Å². The normalized spacial score (nSPS) is 16.6. The molecule has 116 valence electrons. The van der Waals surface area contributed by atoms with E-state index in [1.54, 1.807) is 0 Å². The van der Waals surface area contributed by atoms with Crippen molar-refractivity contribution in [2.45, 2.75) is 44.6 Å². The fourth-order valence-electron chi connectivity index (χ4n) is 2.62. The zero-order chi connectivity index (χ0) is 15.3. The highest BCUT2D eigenvalue weighted by Crippen LogP contribution is 2.24. The summed E-state index contributed by atoms with van der Waals surface area (Å²) in [5, 5.41) is 1.08. The Morgan fingerprint density at radius 3 is 2.38 bits per heavy atom. The van der Waals surface area contributed by atoms with Gasteiger partial charge in [0, 0.05) is 0 Å². The number of hydrogen-bond donors (Lipinski definition) is 0. The fourth-order valence-corrected chi connectivity index (χ4v) is 3.11. The second-order valence-electron chi connectivity index (χ2n) is 5.45. The van der Waals surface area contributed by atoms with E-state index in [1.165, 1.54) is 0 Å². The number of carbonyl (C=O) groups is 1. The summed E-state index contributed by atoms with van der Waals surface area (Å²) in [4.78, 5) is 12.4. The second-order valence-corrected chi connectivity index (χ2v) is 7.01. The molecule has 1 aliphatic carbocycles. The molecule has 1 fully saturated rings. The van der Waals surface area contributed by atoms with E-state index in [9.17, 15) is 13.2 Å². The van der Waals surface area contributed by atoms with Crippen molar-refractivity contribution in [3.05, 3.63) is 35.9 Å². The molecular weight excluding hydrogens is 290 g/mol. The van der Waals surface area contributed by atoms with Crippen LogP contribution in [0.15, 0.2) is 30.3 Å². The monoisotopic (exact) mass is 311 g/mol. The van der Waals surface area contributed by atoms with Gasteiger partial charge in [0.25, 0.3) is 16.0 Å². The maximum absolute atomic E-state index is 12.4. The van der Waals surface area contributed by atoms with Gasteiger partial charge in [-0.25, -0.2) is 5.06 Å². The predicted octanol–water partition coefficient (Wildman–Crippen LogP) is 2.28. The number of hydroxylamine groups is 2. The van der Waals surface area contributed by atoms with Crippen LogP contribution in [0, 0.1) is 0 Å². The molecule has 1 aliphatic rings. The maximum Gasteiger partial charge on any atom is 0.285 e. The summed E-state index contributed by atoms with van der Waals surface area (Å²) < 4.78 is 27.8. The van der Waals surface area contributed by atoms with Crippen LogP contribution in [0.3, 0.4) is 0 Å². The van der Waals surface area contributed by atoms with Crippen molar-refractivity contribution in [3.63, 3.8) is 0 Å². The van der Waals surface area contributed by atoms with Crippen LogP contribution in [0.25, 0.3) is 0 Å². The Hall–Kier alpha value is -1.40. The second kappa shape index (κ2) is 7.04. The third-order valence-electron chi connectivity index (χ3n) is 3.57. The molecule has 0 radical (unpaired) electrons. The minimum absolute atomic E-state index is 0.146. The first kappa shape index (κ1) is 16.0. The molecule has 1 saturated carbocycles. The molecule has 0 bridgehead atoms. The molecule has 0 unspecified atom stereocenters. The lowest BCUT2D eigenvalue weighted by Gasteiger charge is -2.31. The summed E-state index contributed by atoms with van der Waals surface area (Å²) in [5.74, 6) is -0.307. The Balaban J connectivity index is 2.11. The summed E-state index contributed by atoms with van der Waals surface area (Å²) in [7, 11) is -3.70. The van der Waals surface area contributed by atoms with Crippen molar-refractivity contribution in [1.82, 2.24) is 5.06 Å². The lowest BCUT2D eigenvalue weighted by Crippen LogP contribution is -2.43. The summed E-state index contributed by atoms with van der Waals surface area (Å²) in [6, 6.07) is 9.12. The minimum atomic E-state index is -3.70. The molecular formula is C15H21NO4S. The third-order valence-corrected chi connectivity index (χ3v) is 4.00. The molecule has 1 aromatic carbocycles. The summed E-state index contributed by atoms with van der Waals surface area (Å²) in [5.41, 5.74) is 0.848. The lowest BCUT2D eigenvalue weighted by molar-refractivity contribution is -0.166. The van der Waals surface area contributed by atoms with E-state index >= 15 is 0 Å². The third kappa shape index (κ3) is 5.13. The van der Waals surface area contributed by atoms with Gasteiger partial charge in [-0.2, -0.15) is 8.42 Å². The van der Waals surface area contributed by atoms with E-state index < -0.39 is 10.1 Å². The van der Waals surface area contributed by atoms with E-state index in [0.29, 0.717) is 0 Å². The minimum Gasteiger partial charge on any atom is -0.272 e. The van der Waals surface area contributed by atoms with E-state index in [-0.39, 0.29) is 18.4 Å². The zero-order valence-electron chi connectivity index (χ0n) is 12.2. The van der Waals surface area contributed by atoms with Crippen LogP contribution < -0.4 is 0 Å². The first-order valence-corrected chi connectivity index (χ1v) is 9.03.